The van der Waals surface area contributed by atoms with Gasteiger partial charge in [-0.25, -0.2) is 4.39 Å². The summed E-state index contributed by atoms with van der Waals surface area (Å²) in [5.41, 5.74) is 7.73. The zero-order chi connectivity index (χ0) is 13.1. The van der Waals surface area contributed by atoms with E-state index in [0.717, 1.165) is 17.8 Å². The molecule has 1 atom stereocenters. The first-order chi connectivity index (χ1) is 8.58. The fourth-order valence-electron chi connectivity index (χ4n) is 1.96. The van der Waals surface area contributed by atoms with Crippen molar-refractivity contribution in [2.45, 2.75) is 19.5 Å². The van der Waals surface area contributed by atoms with Gasteiger partial charge >= 0.3 is 0 Å². The highest BCUT2D eigenvalue weighted by molar-refractivity contribution is 7.09. The molecule has 0 radical (unpaired) electrons. The lowest BCUT2D eigenvalue weighted by Gasteiger charge is -2.23. The second-order valence-corrected chi connectivity index (χ2v) is 5.46. The number of thiophene rings is 1. The molecule has 0 spiro atoms. The first-order valence-corrected chi connectivity index (χ1v) is 6.74. The molecular weight excluding hydrogens is 247 g/mol. The Morgan fingerprint density at radius 3 is 2.78 bits per heavy atom. The van der Waals surface area contributed by atoms with E-state index in [1.165, 1.54) is 17.0 Å². The molecule has 1 heterocycles. The lowest BCUT2D eigenvalue weighted by molar-refractivity contribution is 0.622. The van der Waals surface area contributed by atoms with E-state index in [1.54, 1.807) is 17.4 Å². The van der Waals surface area contributed by atoms with E-state index in [4.69, 9.17) is 5.73 Å². The van der Waals surface area contributed by atoms with Crippen molar-refractivity contribution in [1.29, 1.82) is 0 Å². The van der Waals surface area contributed by atoms with Crippen LogP contribution in [0.1, 0.15) is 23.4 Å². The number of halogens is 1. The van der Waals surface area contributed by atoms with Crippen LogP contribution in [0, 0.1) is 5.82 Å². The number of hydrogen-bond donors (Lipinski definition) is 1. The SMILES string of the molecule is C[C@@H](N)c1cc(F)ccc1N(C)Cc1cccs1. The number of nitrogens with two attached hydrogens (primary N) is 1. The average Bonchev–Trinajstić information content (AvgIpc) is 2.81. The molecular formula is C14H17FN2S. The maximum absolute atomic E-state index is 13.3. The van der Waals surface area contributed by atoms with Gasteiger partial charge in [-0.15, -0.1) is 11.3 Å². The largest absolute Gasteiger partial charge is 0.369 e. The molecule has 18 heavy (non-hydrogen) atoms. The minimum Gasteiger partial charge on any atom is -0.369 e. The average molecular weight is 264 g/mol. The van der Waals surface area contributed by atoms with Crippen molar-refractivity contribution in [3.8, 4) is 0 Å². The maximum atomic E-state index is 13.3. The summed E-state index contributed by atoms with van der Waals surface area (Å²) in [5.74, 6) is -0.240. The van der Waals surface area contributed by atoms with Crippen LogP contribution in [0.25, 0.3) is 0 Å². The standard InChI is InChI=1S/C14H17FN2S/c1-10(16)13-8-11(15)5-6-14(13)17(2)9-12-4-3-7-18-12/h3-8,10H,9,16H2,1-2H3/t10-/m1/s1. The Labute approximate surface area is 111 Å². The Morgan fingerprint density at radius 1 is 1.39 bits per heavy atom. The molecule has 0 bridgehead atoms. The number of nitrogens with zero attached hydrogens (tertiary/aromatic N) is 1. The molecule has 1 aromatic carbocycles. The molecule has 2 nitrogen and oxygen atoms in total. The van der Waals surface area contributed by atoms with Crippen LogP contribution >= 0.6 is 11.3 Å². The van der Waals surface area contributed by atoms with Gasteiger partial charge in [0, 0.05) is 23.7 Å². The van der Waals surface area contributed by atoms with Gasteiger partial charge in [0.15, 0.2) is 0 Å². The highest BCUT2D eigenvalue weighted by Gasteiger charge is 2.12. The molecule has 96 valence electrons. The van der Waals surface area contributed by atoms with Crippen LogP contribution in [-0.2, 0) is 6.54 Å². The molecule has 1 aromatic heterocycles. The molecule has 0 aliphatic rings. The normalized spacial score (nSPS) is 12.4. The predicted octanol–water partition coefficient (Wildman–Crippen LogP) is 3.54. The van der Waals surface area contributed by atoms with Crippen LogP contribution in [0.4, 0.5) is 10.1 Å². The van der Waals surface area contributed by atoms with Gasteiger partial charge < -0.3 is 10.6 Å². The molecule has 0 amide bonds. The van der Waals surface area contributed by atoms with Crippen LogP contribution in [0.3, 0.4) is 0 Å². The minimum absolute atomic E-state index is 0.179. The molecule has 0 aliphatic carbocycles. The summed E-state index contributed by atoms with van der Waals surface area (Å²) in [6.07, 6.45) is 0. The van der Waals surface area contributed by atoms with Crippen molar-refractivity contribution < 1.29 is 4.39 Å². The Hall–Kier alpha value is -1.39. The van der Waals surface area contributed by atoms with Crippen LogP contribution in [0.5, 0.6) is 0 Å². The zero-order valence-corrected chi connectivity index (χ0v) is 11.4. The van der Waals surface area contributed by atoms with Crippen molar-refractivity contribution >= 4 is 17.0 Å². The van der Waals surface area contributed by atoms with Crippen molar-refractivity contribution in [2.75, 3.05) is 11.9 Å². The summed E-state index contributed by atoms with van der Waals surface area (Å²) in [7, 11) is 2.00. The quantitative estimate of drug-likeness (QED) is 0.915. The second kappa shape index (κ2) is 5.50. The van der Waals surface area contributed by atoms with Crippen molar-refractivity contribution in [1.82, 2.24) is 0 Å². The molecule has 2 rings (SSSR count). The zero-order valence-electron chi connectivity index (χ0n) is 10.6. The molecule has 2 aromatic rings. The minimum atomic E-state index is -0.240. The van der Waals surface area contributed by atoms with E-state index in [9.17, 15) is 4.39 Å². The Morgan fingerprint density at radius 2 is 2.17 bits per heavy atom. The van der Waals surface area contributed by atoms with Crippen LogP contribution < -0.4 is 10.6 Å². The van der Waals surface area contributed by atoms with Gasteiger partial charge in [-0.2, -0.15) is 0 Å². The van der Waals surface area contributed by atoms with E-state index in [-0.39, 0.29) is 11.9 Å². The fraction of sp³-hybridized carbons (Fsp3) is 0.286. The van der Waals surface area contributed by atoms with Gasteiger partial charge in [0.1, 0.15) is 5.82 Å². The van der Waals surface area contributed by atoms with Crippen LogP contribution in [0.15, 0.2) is 35.7 Å². The highest BCUT2D eigenvalue weighted by Crippen LogP contribution is 2.27. The number of benzene rings is 1. The lowest BCUT2D eigenvalue weighted by atomic mass is 10.1. The van der Waals surface area contributed by atoms with Crippen LogP contribution in [0.2, 0.25) is 0 Å². The second-order valence-electron chi connectivity index (χ2n) is 4.43. The Kier molecular flexibility index (Phi) is 3.99. The molecule has 4 heteroatoms. The molecule has 0 aliphatic heterocycles. The molecule has 2 N–H and O–H groups in total. The molecule has 0 fully saturated rings. The van der Waals surface area contributed by atoms with E-state index in [1.807, 2.05) is 20.0 Å². The maximum Gasteiger partial charge on any atom is 0.123 e. The van der Waals surface area contributed by atoms with E-state index in [0.29, 0.717) is 0 Å². The highest BCUT2D eigenvalue weighted by atomic mass is 32.1. The molecule has 0 unspecified atom stereocenters. The van der Waals surface area contributed by atoms with Crippen molar-refractivity contribution in [3.63, 3.8) is 0 Å². The molecule has 0 saturated heterocycles. The monoisotopic (exact) mass is 264 g/mol. The van der Waals surface area contributed by atoms with Gasteiger partial charge in [-0.05, 0) is 42.1 Å². The number of anilines is 1. The van der Waals surface area contributed by atoms with Gasteiger partial charge in [0.25, 0.3) is 0 Å². The summed E-state index contributed by atoms with van der Waals surface area (Å²) in [6.45, 7) is 2.68. The van der Waals surface area contributed by atoms with Gasteiger partial charge in [-0.3, -0.25) is 0 Å². The van der Waals surface area contributed by atoms with Crippen molar-refractivity contribution in [3.05, 3.63) is 52.0 Å². The van der Waals surface area contributed by atoms with E-state index < -0.39 is 0 Å². The summed E-state index contributed by atoms with van der Waals surface area (Å²) in [6, 6.07) is 8.74. The van der Waals surface area contributed by atoms with Gasteiger partial charge in [-0.1, -0.05) is 6.07 Å². The molecule has 0 saturated carbocycles. The topological polar surface area (TPSA) is 29.3 Å². The van der Waals surface area contributed by atoms with Gasteiger partial charge in [0.05, 0.1) is 6.54 Å². The lowest BCUT2D eigenvalue weighted by Crippen LogP contribution is -2.19. The smallest absolute Gasteiger partial charge is 0.123 e. The fourth-order valence-corrected chi connectivity index (χ4v) is 2.72. The summed E-state index contributed by atoms with van der Waals surface area (Å²) in [4.78, 5) is 3.38. The van der Waals surface area contributed by atoms with E-state index in [2.05, 4.69) is 16.3 Å². The summed E-state index contributed by atoms with van der Waals surface area (Å²) in [5, 5.41) is 2.06. The van der Waals surface area contributed by atoms with Crippen LogP contribution in [-0.4, -0.2) is 7.05 Å². The summed E-state index contributed by atoms with van der Waals surface area (Å²) >= 11 is 1.72. The third-order valence-corrected chi connectivity index (χ3v) is 3.73. The van der Waals surface area contributed by atoms with Crippen molar-refractivity contribution in [2.24, 2.45) is 5.73 Å². The number of hydrogen-bond acceptors (Lipinski definition) is 3. The third kappa shape index (κ3) is 2.89. The summed E-state index contributed by atoms with van der Waals surface area (Å²) < 4.78 is 13.3. The third-order valence-electron chi connectivity index (χ3n) is 2.86. The Bertz CT molecular complexity index is 509. The van der Waals surface area contributed by atoms with Gasteiger partial charge in [0.2, 0.25) is 0 Å². The first kappa shape index (κ1) is 13.1. The Balaban J connectivity index is 2.26. The predicted molar refractivity (Wildman–Crippen MR) is 75.4 cm³/mol. The first-order valence-electron chi connectivity index (χ1n) is 5.86. The number of rotatable bonds is 4. The van der Waals surface area contributed by atoms with E-state index >= 15 is 0 Å².